The van der Waals surface area contributed by atoms with Gasteiger partial charge in [0.25, 0.3) is 0 Å². The molecule has 2 aliphatic heterocycles. The van der Waals surface area contributed by atoms with Gasteiger partial charge in [-0.3, -0.25) is 9.63 Å². The van der Waals surface area contributed by atoms with Crippen molar-refractivity contribution < 1.29 is 9.63 Å². The highest BCUT2D eigenvalue weighted by Gasteiger charge is 2.20. The Balaban J connectivity index is 1.65. The Morgan fingerprint density at radius 3 is 2.81 bits per heavy atom. The van der Waals surface area contributed by atoms with Gasteiger partial charge in [-0.2, -0.15) is 0 Å². The predicted octanol–water partition coefficient (Wildman–Crippen LogP) is 1.32. The summed E-state index contributed by atoms with van der Waals surface area (Å²) in [6.07, 6.45) is 6.28. The molecule has 0 radical (unpaired) electrons. The van der Waals surface area contributed by atoms with Crippen LogP contribution in [0.4, 0.5) is 0 Å². The molecule has 2 fully saturated rings. The largest absolute Gasteiger partial charge is 0.317 e. The van der Waals surface area contributed by atoms with Crippen LogP contribution in [0.3, 0.4) is 0 Å². The number of hydrogen-bond donors (Lipinski definition) is 1. The molecular weight excluding hydrogens is 204 g/mol. The molecule has 1 amide bonds. The molecule has 0 unspecified atom stereocenters. The van der Waals surface area contributed by atoms with E-state index in [1.165, 1.54) is 12.8 Å². The molecule has 2 heterocycles. The molecule has 0 atom stereocenters. The smallest absolute Gasteiger partial charge is 0.246 e. The monoisotopic (exact) mass is 226 g/mol. The molecule has 16 heavy (non-hydrogen) atoms. The first-order valence-electron chi connectivity index (χ1n) is 6.50. The summed E-state index contributed by atoms with van der Waals surface area (Å²) in [4.78, 5) is 17.2. The molecule has 1 N–H and O–H groups in total. The van der Waals surface area contributed by atoms with E-state index in [2.05, 4.69) is 5.32 Å². The maximum atomic E-state index is 11.8. The van der Waals surface area contributed by atoms with Crippen molar-refractivity contribution in [2.45, 2.75) is 38.5 Å². The summed E-state index contributed by atoms with van der Waals surface area (Å²) in [7, 11) is 0. The van der Waals surface area contributed by atoms with E-state index in [0.29, 0.717) is 13.0 Å². The van der Waals surface area contributed by atoms with Crippen molar-refractivity contribution in [3.05, 3.63) is 0 Å². The van der Waals surface area contributed by atoms with E-state index in [-0.39, 0.29) is 5.91 Å². The lowest BCUT2D eigenvalue weighted by atomic mass is 9.93. The number of nitrogens with one attached hydrogen (secondary N) is 1. The Morgan fingerprint density at radius 1 is 1.31 bits per heavy atom. The summed E-state index contributed by atoms with van der Waals surface area (Å²) in [5.74, 6) is 0.910. The van der Waals surface area contributed by atoms with E-state index in [1.807, 2.05) is 0 Å². The van der Waals surface area contributed by atoms with Gasteiger partial charge in [0, 0.05) is 13.0 Å². The van der Waals surface area contributed by atoms with Crippen molar-refractivity contribution in [2.24, 2.45) is 5.92 Å². The summed E-state index contributed by atoms with van der Waals surface area (Å²) in [6, 6.07) is 0. The molecule has 0 aromatic carbocycles. The van der Waals surface area contributed by atoms with Crippen LogP contribution in [0.15, 0.2) is 0 Å². The third-order valence-corrected chi connectivity index (χ3v) is 3.51. The van der Waals surface area contributed by atoms with Gasteiger partial charge in [-0.25, -0.2) is 5.06 Å². The van der Waals surface area contributed by atoms with E-state index in [4.69, 9.17) is 4.84 Å². The Kier molecular flexibility index (Phi) is 4.60. The normalized spacial score (nSPS) is 23.4. The Labute approximate surface area is 97.3 Å². The predicted molar refractivity (Wildman–Crippen MR) is 61.7 cm³/mol. The fourth-order valence-electron chi connectivity index (χ4n) is 2.42. The standard InChI is InChI=1S/C12H22N2O2/c15-12(14-9-1-2-10-16-14)4-3-11-5-7-13-8-6-11/h11,13H,1-10H2. The fraction of sp³-hybridized carbons (Fsp3) is 0.917. The van der Waals surface area contributed by atoms with Crippen LogP contribution in [0.1, 0.15) is 38.5 Å². The highest BCUT2D eigenvalue weighted by molar-refractivity contribution is 5.75. The summed E-state index contributed by atoms with van der Waals surface area (Å²) in [6.45, 7) is 3.71. The first-order valence-corrected chi connectivity index (χ1v) is 6.50. The Bertz CT molecular complexity index is 221. The number of rotatable bonds is 3. The van der Waals surface area contributed by atoms with Gasteiger partial charge in [-0.15, -0.1) is 0 Å². The van der Waals surface area contributed by atoms with E-state index < -0.39 is 0 Å². The zero-order chi connectivity index (χ0) is 11.2. The molecule has 0 aromatic heterocycles. The molecule has 0 aliphatic carbocycles. The molecule has 0 spiro atoms. The number of carbonyl (C=O) groups excluding carboxylic acids is 1. The van der Waals surface area contributed by atoms with Crippen LogP contribution < -0.4 is 5.32 Å². The average molecular weight is 226 g/mol. The van der Waals surface area contributed by atoms with Crippen LogP contribution in [0, 0.1) is 5.92 Å². The SMILES string of the molecule is O=C(CCC1CCNCC1)N1CCCCO1. The first-order chi connectivity index (χ1) is 7.86. The minimum atomic E-state index is 0.179. The van der Waals surface area contributed by atoms with Crippen LogP contribution in [0.5, 0.6) is 0 Å². The molecular formula is C12H22N2O2. The van der Waals surface area contributed by atoms with Gasteiger partial charge in [0.1, 0.15) is 0 Å². The van der Waals surface area contributed by atoms with Crippen molar-refractivity contribution in [3.63, 3.8) is 0 Å². The summed E-state index contributed by atoms with van der Waals surface area (Å²) in [5.41, 5.74) is 0. The quantitative estimate of drug-likeness (QED) is 0.789. The van der Waals surface area contributed by atoms with Gasteiger partial charge in [0.2, 0.25) is 5.91 Å². The maximum Gasteiger partial charge on any atom is 0.246 e. The van der Waals surface area contributed by atoms with Gasteiger partial charge < -0.3 is 5.32 Å². The Hall–Kier alpha value is -0.610. The van der Waals surface area contributed by atoms with Crippen LogP contribution in [0.25, 0.3) is 0 Å². The second kappa shape index (κ2) is 6.21. The molecule has 4 heteroatoms. The summed E-state index contributed by atoms with van der Waals surface area (Å²) < 4.78 is 0. The number of nitrogens with zero attached hydrogens (tertiary/aromatic N) is 1. The number of hydroxylamine groups is 2. The number of amides is 1. The van der Waals surface area contributed by atoms with Crippen LogP contribution >= 0.6 is 0 Å². The third-order valence-electron chi connectivity index (χ3n) is 3.51. The summed E-state index contributed by atoms with van der Waals surface area (Å²) >= 11 is 0. The molecule has 92 valence electrons. The molecule has 4 nitrogen and oxygen atoms in total. The molecule has 0 bridgehead atoms. The van der Waals surface area contributed by atoms with Crippen LogP contribution in [-0.2, 0) is 9.63 Å². The average Bonchev–Trinajstić information content (AvgIpc) is 2.38. The van der Waals surface area contributed by atoms with Crippen LogP contribution in [-0.4, -0.2) is 37.2 Å². The molecule has 2 aliphatic rings. The van der Waals surface area contributed by atoms with Crippen molar-refractivity contribution in [3.8, 4) is 0 Å². The van der Waals surface area contributed by atoms with Gasteiger partial charge in [-0.1, -0.05) is 0 Å². The lowest BCUT2D eigenvalue weighted by Crippen LogP contribution is -2.36. The van der Waals surface area contributed by atoms with Crippen molar-refractivity contribution in [2.75, 3.05) is 26.2 Å². The Morgan fingerprint density at radius 2 is 2.12 bits per heavy atom. The highest BCUT2D eigenvalue weighted by Crippen LogP contribution is 2.19. The topological polar surface area (TPSA) is 41.6 Å². The fourth-order valence-corrected chi connectivity index (χ4v) is 2.42. The van der Waals surface area contributed by atoms with Crippen molar-refractivity contribution >= 4 is 5.91 Å². The maximum absolute atomic E-state index is 11.8. The molecule has 2 rings (SSSR count). The van der Waals surface area contributed by atoms with Gasteiger partial charge in [0.15, 0.2) is 0 Å². The minimum Gasteiger partial charge on any atom is -0.317 e. The van der Waals surface area contributed by atoms with E-state index in [1.54, 1.807) is 5.06 Å². The zero-order valence-corrected chi connectivity index (χ0v) is 9.91. The van der Waals surface area contributed by atoms with E-state index in [9.17, 15) is 4.79 Å². The molecule has 0 saturated carbocycles. The van der Waals surface area contributed by atoms with Crippen LogP contribution in [0.2, 0.25) is 0 Å². The minimum absolute atomic E-state index is 0.179. The van der Waals surface area contributed by atoms with Crippen molar-refractivity contribution in [1.29, 1.82) is 0 Å². The second-order valence-electron chi connectivity index (χ2n) is 4.77. The van der Waals surface area contributed by atoms with Gasteiger partial charge >= 0.3 is 0 Å². The molecule has 2 saturated heterocycles. The van der Waals surface area contributed by atoms with Gasteiger partial charge in [0.05, 0.1) is 6.61 Å². The lowest BCUT2D eigenvalue weighted by Gasteiger charge is -2.27. The molecule has 0 aromatic rings. The first kappa shape index (κ1) is 11.9. The van der Waals surface area contributed by atoms with Crippen molar-refractivity contribution in [1.82, 2.24) is 10.4 Å². The van der Waals surface area contributed by atoms with E-state index in [0.717, 1.165) is 44.8 Å². The summed E-state index contributed by atoms with van der Waals surface area (Å²) in [5, 5.41) is 4.92. The van der Waals surface area contributed by atoms with Gasteiger partial charge in [-0.05, 0) is 51.1 Å². The number of hydrogen-bond acceptors (Lipinski definition) is 3. The highest BCUT2D eigenvalue weighted by atomic mass is 16.7. The number of piperidine rings is 1. The second-order valence-corrected chi connectivity index (χ2v) is 4.77. The number of carbonyl (C=O) groups is 1. The zero-order valence-electron chi connectivity index (χ0n) is 9.91. The third kappa shape index (κ3) is 3.46. The van der Waals surface area contributed by atoms with E-state index >= 15 is 0 Å². The lowest BCUT2D eigenvalue weighted by molar-refractivity contribution is -0.197.